The third-order valence-electron chi connectivity index (χ3n) is 4.55. The Bertz CT molecular complexity index is 1150. The molecule has 1 aromatic carbocycles. The monoisotopic (exact) mass is 414 g/mol. The fraction of sp³-hybridized carbons (Fsp3) is 0.0952. The van der Waals surface area contributed by atoms with Crippen LogP contribution in [0.25, 0.3) is 11.3 Å². The summed E-state index contributed by atoms with van der Waals surface area (Å²) < 4.78 is 46.0. The number of nitrogens with zero attached hydrogens (tertiary/aromatic N) is 1. The molecule has 0 radical (unpaired) electrons. The standard InChI is InChI=1S/C21H13F3N2O4/c22-21(23,24)19-15(17(27)14-7-4-10-30-14)18(28)16-12(20(29)26-19)8-9-13(25-16)11-5-2-1-3-6-11/h1-10,18,28H,(H,26,29). The molecule has 1 aliphatic rings. The van der Waals surface area contributed by atoms with E-state index >= 15 is 0 Å². The SMILES string of the molecule is O=C(C1=C(C(F)(F)F)NC(=O)c2ccc(-c3ccccc3)nc2C1O)c1ccco1. The van der Waals surface area contributed by atoms with Gasteiger partial charge in [-0.1, -0.05) is 30.3 Å². The van der Waals surface area contributed by atoms with E-state index in [1.165, 1.54) is 18.2 Å². The normalized spacial score (nSPS) is 16.7. The lowest BCUT2D eigenvalue weighted by molar-refractivity contribution is -0.0973. The number of hydrogen-bond acceptors (Lipinski definition) is 5. The van der Waals surface area contributed by atoms with Gasteiger partial charge in [-0.2, -0.15) is 13.2 Å². The van der Waals surface area contributed by atoms with Crippen LogP contribution in [0.1, 0.15) is 32.7 Å². The van der Waals surface area contributed by atoms with Crippen LogP contribution in [0.3, 0.4) is 0 Å². The van der Waals surface area contributed by atoms with E-state index in [9.17, 15) is 27.9 Å². The Kier molecular flexibility index (Phi) is 4.75. The number of furan rings is 1. The van der Waals surface area contributed by atoms with Crippen molar-refractivity contribution in [2.75, 3.05) is 0 Å². The molecule has 2 N–H and O–H groups in total. The highest BCUT2D eigenvalue weighted by Gasteiger charge is 2.45. The molecule has 4 rings (SSSR count). The molecule has 1 atom stereocenters. The predicted octanol–water partition coefficient (Wildman–Crippen LogP) is 3.82. The fourth-order valence-corrected chi connectivity index (χ4v) is 3.17. The number of benzene rings is 1. The maximum Gasteiger partial charge on any atom is 0.431 e. The highest BCUT2D eigenvalue weighted by molar-refractivity contribution is 6.10. The molecule has 1 amide bonds. The molecule has 2 aromatic heterocycles. The number of aliphatic hydroxyl groups is 1. The molecular weight excluding hydrogens is 401 g/mol. The summed E-state index contributed by atoms with van der Waals surface area (Å²) in [7, 11) is 0. The number of alkyl halides is 3. The van der Waals surface area contributed by atoms with E-state index in [1.54, 1.807) is 35.6 Å². The smallest absolute Gasteiger partial charge is 0.431 e. The Morgan fingerprint density at radius 3 is 2.43 bits per heavy atom. The number of halogens is 3. The van der Waals surface area contributed by atoms with Crippen molar-refractivity contribution in [2.45, 2.75) is 12.3 Å². The zero-order chi connectivity index (χ0) is 21.5. The van der Waals surface area contributed by atoms with Gasteiger partial charge < -0.3 is 14.8 Å². The maximum atomic E-state index is 13.7. The van der Waals surface area contributed by atoms with Gasteiger partial charge in [0.25, 0.3) is 5.91 Å². The number of aromatic nitrogens is 1. The number of amides is 1. The van der Waals surface area contributed by atoms with Crippen molar-refractivity contribution >= 4 is 11.7 Å². The van der Waals surface area contributed by atoms with Gasteiger partial charge >= 0.3 is 6.18 Å². The third-order valence-corrected chi connectivity index (χ3v) is 4.55. The molecule has 1 aliphatic heterocycles. The first-order valence-electron chi connectivity index (χ1n) is 8.72. The van der Waals surface area contributed by atoms with Crippen molar-refractivity contribution in [2.24, 2.45) is 0 Å². The molecule has 6 nitrogen and oxygen atoms in total. The van der Waals surface area contributed by atoms with E-state index in [0.29, 0.717) is 11.3 Å². The number of aliphatic hydroxyl groups excluding tert-OH is 1. The highest BCUT2D eigenvalue weighted by atomic mass is 19.4. The molecule has 152 valence electrons. The van der Waals surface area contributed by atoms with E-state index in [-0.39, 0.29) is 11.3 Å². The van der Waals surface area contributed by atoms with Crippen molar-refractivity contribution in [1.29, 1.82) is 0 Å². The number of carbonyl (C=O) groups is 2. The Hall–Kier alpha value is -3.72. The number of carbonyl (C=O) groups excluding carboxylic acids is 2. The van der Waals surface area contributed by atoms with Gasteiger partial charge in [-0.3, -0.25) is 9.59 Å². The van der Waals surface area contributed by atoms with Gasteiger partial charge in [0.2, 0.25) is 5.78 Å². The average molecular weight is 414 g/mol. The first kappa shape index (κ1) is 19.6. The minimum Gasteiger partial charge on any atom is -0.461 e. The lowest BCUT2D eigenvalue weighted by Crippen LogP contribution is -2.33. The van der Waals surface area contributed by atoms with E-state index in [1.807, 2.05) is 0 Å². The van der Waals surface area contributed by atoms with Crippen LogP contribution in [0.15, 0.2) is 76.5 Å². The summed E-state index contributed by atoms with van der Waals surface area (Å²) >= 11 is 0. The first-order chi connectivity index (χ1) is 14.3. The topological polar surface area (TPSA) is 92.4 Å². The maximum absolute atomic E-state index is 13.7. The molecule has 0 aliphatic carbocycles. The van der Waals surface area contributed by atoms with Crippen LogP contribution >= 0.6 is 0 Å². The molecule has 9 heteroatoms. The lowest BCUT2D eigenvalue weighted by atomic mass is 9.96. The lowest BCUT2D eigenvalue weighted by Gasteiger charge is -2.18. The van der Waals surface area contributed by atoms with Crippen LogP contribution in [0, 0.1) is 0 Å². The van der Waals surface area contributed by atoms with E-state index in [4.69, 9.17) is 4.42 Å². The number of pyridine rings is 1. The number of hydrogen-bond donors (Lipinski definition) is 2. The van der Waals surface area contributed by atoms with Gasteiger partial charge in [0.05, 0.1) is 28.8 Å². The molecule has 0 saturated carbocycles. The Morgan fingerprint density at radius 2 is 1.80 bits per heavy atom. The molecule has 0 fully saturated rings. The summed E-state index contributed by atoms with van der Waals surface area (Å²) in [6.07, 6.45) is -6.11. The molecule has 3 heterocycles. The van der Waals surface area contributed by atoms with E-state index in [0.717, 1.165) is 12.3 Å². The van der Waals surface area contributed by atoms with Crippen molar-refractivity contribution in [1.82, 2.24) is 10.3 Å². The molecular formula is C21H13F3N2O4. The van der Waals surface area contributed by atoms with Crippen LogP contribution in [0.5, 0.6) is 0 Å². The summed E-state index contributed by atoms with van der Waals surface area (Å²) in [5, 5.41) is 12.5. The van der Waals surface area contributed by atoms with Gasteiger partial charge in [-0.05, 0) is 24.3 Å². The van der Waals surface area contributed by atoms with Crippen LogP contribution in [0.2, 0.25) is 0 Å². The molecule has 0 bridgehead atoms. The number of ketones is 1. The minimum atomic E-state index is -5.11. The van der Waals surface area contributed by atoms with Gasteiger partial charge in [-0.15, -0.1) is 0 Å². The number of rotatable bonds is 3. The van der Waals surface area contributed by atoms with E-state index < -0.39 is 41.0 Å². The first-order valence-corrected chi connectivity index (χ1v) is 8.72. The van der Waals surface area contributed by atoms with Crippen molar-refractivity contribution in [3.63, 3.8) is 0 Å². The van der Waals surface area contributed by atoms with Gasteiger partial charge in [0, 0.05) is 5.56 Å². The second-order valence-electron chi connectivity index (χ2n) is 6.44. The number of nitrogens with one attached hydrogen (secondary N) is 1. The van der Waals surface area contributed by atoms with Crippen LogP contribution < -0.4 is 5.32 Å². The number of Topliss-reactive ketones (excluding diaryl/α,β-unsaturated/α-hetero) is 1. The summed E-state index contributed by atoms with van der Waals surface area (Å²) in [6, 6.07) is 13.9. The molecule has 30 heavy (non-hydrogen) atoms. The van der Waals surface area contributed by atoms with Crippen LogP contribution in [-0.2, 0) is 0 Å². The Labute approximate surface area is 167 Å². The zero-order valence-electron chi connectivity index (χ0n) is 15.1. The van der Waals surface area contributed by atoms with Gasteiger partial charge in [0.15, 0.2) is 5.76 Å². The molecule has 1 unspecified atom stereocenters. The Morgan fingerprint density at radius 1 is 1.07 bits per heavy atom. The third kappa shape index (κ3) is 3.39. The summed E-state index contributed by atoms with van der Waals surface area (Å²) in [5.41, 5.74) is -2.41. The minimum absolute atomic E-state index is 0.272. The van der Waals surface area contributed by atoms with Gasteiger partial charge in [0.1, 0.15) is 11.8 Å². The molecule has 0 spiro atoms. The van der Waals surface area contributed by atoms with Crippen molar-refractivity contribution in [3.05, 3.63) is 89.1 Å². The van der Waals surface area contributed by atoms with Crippen molar-refractivity contribution < 1.29 is 32.3 Å². The predicted molar refractivity (Wildman–Crippen MR) is 98.2 cm³/mol. The van der Waals surface area contributed by atoms with Crippen LogP contribution in [0.4, 0.5) is 13.2 Å². The van der Waals surface area contributed by atoms with Crippen molar-refractivity contribution in [3.8, 4) is 11.3 Å². The summed E-state index contributed by atoms with van der Waals surface area (Å²) in [5.74, 6) is -2.76. The second kappa shape index (κ2) is 7.27. The number of allylic oxidation sites excluding steroid dienone is 1. The Balaban J connectivity index is 1.92. The molecule has 0 saturated heterocycles. The van der Waals surface area contributed by atoms with E-state index in [2.05, 4.69) is 4.98 Å². The average Bonchev–Trinajstić information content (AvgIpc) is 3.24. The quantitative estimate of drug-likeness (QED) is 0.636. The molecule has 3 aromatic rings. The number of fused-ring (bicyclic) bond motifs is 1. The van der Waals surface area contributed by atoms with Gasteiger partial charge in [-0.25, -0.2) is 4.98 Å². The summed E-state index contributed by atoms with van der Waals surface area (Å²) in [4.78, 5) is 29.5. The zero-order valence-corrected chi connectivity index (χ0v) is 15.1. The summed E-state index contributed by atoms with van der Waals surface area (Å²) in [6.45, 7) is 0. The fourth-order valence-electron chi connectivity index (χ4n) is 3.17. The highest BCUT2D eigenvalue weighted by Crippen LogP contribution is 2.38. The van der Waals surface area contributed by atoms with Crippen LogP contribution in [-0.4, -0.2) is 28.0 Å². The largest absolute Gasteiger partial charge is 0.461 e. The second-order valence-corrected chi connectivity index (χ2v) is 6.44.